The number of nitrogens with two attached hydrogens (primary N) is 1. The Bertz CT molecular complexity index is 446. The van der Waals surface area contributed by atoms with Gasteiger partial charge in [-0.2, -0.15) is 0 Å². The van der Waals surface area contributed by atoms with Gasteiger partial charge in [0.2, 0.25) is 5.91 Å². The largest absolute Gasteiger partial charge is 0.399 e. The normalized spacial score (nSPS) is 17.3. The summed E-state index contributed by atoms with van der Waals surface area (Å²) in [5, 5.41) is 3.09. The summed E-state index contributed by atoms with van der Waals surface area (Å²) in [6, 6.07) is 7.86. The van der Waals surface area contributed by atoms with Gasteiger partial charge in [0.1, 0.15) is 0 Å². The molecule has 1 amide bonds. The highest BCUT2D eigenvalue weighted by Crippen LogP contribution is 2.17. The summed E-state index contributed by atoms with van der Waals surface area (Å²) >= 11 is 0. The lowest BCUT2D eigenvalue weighted by molar-refractivity contribution is -0.117. The number of carbonyl (C=O) groups excluding carboxylic acids is 1. The second-order valence-corrected chi connectivity index (χ2v) is 5.20. The SMILES string of the molecule is Nc1cccc(/C=C/C(=O)NC2CCCCCC2)c1. The number of amides is 1. The maximum absolute atomic E-state index is 11.9. The highest BCUT2D eigenvalue weighted by molar-refractivity contribution is 5.92. The van der Waals surface area contributed by atoms with Gasteiger partial charge in [0.05, 0.1) is 0 Å². The second kappa shape index (κ2) is 6.98. The number of anilines is 1. The van der Waals surface area contributed by atoms with Crippen LogP contribution in [0, 0.1) is 0 Å². The van der Waals surface area contributed by atoms with Gasteiger partial charge in [-0.05, 0) is 36.6 Å². The molecule has 102 valence electrons. The van der Waals surface area contributed by atoms with Crippen molar-refractivity contribution in [3.05, 3.63) is 35.9 Å². The van der Waals surface area contributed by atoms with Gasteiger partial charge in [-0.3, -0.25) is 4.79 Å². The molecule has 1 saturated carbocycles. The molecule has 0 aromatic heterocycles. The van der Waals surface area contributed by atoms with Crippen molar-refractivity contribution >= 4 is 17.7 Å². The second-order valence-electron chi connectivity index (χ2n) is 5.20. The van der Waals surface area contributed by atoms with Crippen LogP contribution in [0.25, 0.3) is 6.08 Å². The molecule has 0 radical (unpaired) electrons. The average Bonchev–Trinajstić information content (AvgIpc) is 2.65. The molecule has 1 aliphatic rings. The van der Waals surface area contributed by atoms with Crippen LogP contribution in [0.4, 0.5) is 5.69 Å². The molecule has 0 heterocycles. The summed E-state index contributed by atoms with van der Waals surface area (Å²) in [6.45, 7) is 0. The number of nitrogens with one attached hydrogen (secondary N) is 1. The van der Waals surface area contributed by atoms with Crippen LogP contribution in [-0.4, -0.2) is 11.9 Å². The molecule has 3 nitrogen and oxygen atoms in total. The lowest BCUT2D eigenvalue weighted by atomic mass is 10.1. The molecule has 2 rings (SSSR count). The summed E-state index contributed by atoms with van der Waals surface area (Å²) in [5.74, 6) is -0.00526. The molecule has 0 aliphatic heterocycles. The Morgan fingerprint density at radius 2 is 1.95 bits per heavy atom. The molecule has 0 atom stereocenters. The minimum absolute atomic E-state index is 0.00526. The summed E-state index contributed by atoms with van der Waals surface area (Å²) in [7, 11) is 0. The fraction of sp³-hybridized carbons (Fsp3) is 0.438. The van der Waals surface area contributed by atoms with Crippen LogP contribution in [0.2, 0.25) is 0 Å². The van der Waals surface area contributed by atoms with Gasteiger partial charge < -0.3 is 11.1 Å². The van der Waals surface area contributed by atoms with E-state index in [4.69, 9.17) is 5.73 Å². The maximum atomic E-state index is 11.9. The molecule has 0 spiro atoms. The highest BCUT2D eigenvalue weighted by Gasteiger charge is 2.12. The van der Waals surface area contributed by atoms with E-state index in [-0.39, 0.29) is 5.91 Å². The zero-order chi connectivity index (χ0) is 13.5. The molecule has 1 aromatic rings. The Morgan fingerprint density at radius 3 is 2.63 bits per heavy atom. The third-order valence-corrected chi connectivity index (χ3v) is 3.54. The van der Waals surface area contributed by atoms with Crippen LogP contribution in [0.3, 0.4) is 0 Å². The van der Waals surface area contributed by atoms with E-state index >= 15 is 0 Å². The predicted octanol–water partition coefficient (Wildman–Crippen LogP) is 3.12. The monoisotopic (exact) mass is 258 g/mol. The lowest BCUT2D eigenvalue weighted by Crippen LogP contribution is -2.33. The van der Waals surface area contributed by atoms with Crippen molar-refractivity contribution in [3.63, 3.8) is 0 Å². The molecule has 3 heteroatoms. The fourth-order valence-electron chi connectivity index (χ4n) is 2.51. The lowest BCUT2D eigenvalue weighted by Gasteiger charge is -2.14. The van der Waals surface area contributed by atoms with Crippen molar-refractivity contribution in [3.8, 4) is 0 Å². The Kier molecular flexibility index (Phi) is 5.01. The van der Waals surface area contributed by atoms with E-state index < -0.39 is 0 Å². The predicted molar refractivity (Wildman–Crippen MR) is 79.5 cm³/mol. The highest BCUT2D eigenvalue weighted by atomic mass is 16.1. The number of nitrogen functional groups attached to an aromatic ring is 1. The summed E-state index contributed by atoms with van der Waals surface area (Å²) in [6.07, 6.45) is 10.7. The van der Waals surface area contributed by atoms with Crippen LogP contribution in [0.1, 0.15) is 44.1 Å². The van der Waals surface area contributed by atoms with Crippen LogP contribution >= 0.6 is 0 Å². The number of hydrogen-bond donors (Lipinski definition) is 2. The topological polar surface area (TPSA) is 55.1 Å². The zero-order valence-electron chi connectivity index (χ0n) is 11.3. The minimum atomic E-state index is -0.00526. The Balaban J connectivity index is 1.86. The standard InChI is InChI=1S/C16H22N2O/c17-14-7-5-6-13(12-14)10-11-16(19)18-15-8-3-1-2-4-9-15/h5-7,10-12,15H,1-4,8-9,17H2,(H,18,19)/b11-10+. The van der Waals surface area contributed by atoms with E-state index in [2.05, 4.69) is 5.32 Å². The van der Waals surface area contributed by atoms with Crippen molar-refractivity contribution in [2.45, 2.75) is 44.6 Å². The van der Waals surface area contributed by atoms with E-state index in [1.807, 2.05) is 30.3 Å². The molecular formula is C16H22N2O. The van der Waals surface area contributed by atoms with Crippen LogP contribution in [0.5, 0.6) is 0 Å². The summed E-state index contributed by atoms with van der Waals surface area (Å²) < 4.78 is 0. The first-order valence-electron chi connectivity index (χ1n) is 7.08. The van der Waals surface area contributed by atoms with Gasteiger partial charge in [-0.1, -0.05) is 37.8 Å². The van der Waals surface area contributed by atoms with Crippen LogP contribution in [0.15, 0.2) is 30.3 Å². The van der Waals surface area contributed by atoms with Gasteiger partial charge in [0, 0.05) is 17.8 Å². The van der Waals surface area contributed by atoms with Crippen molar-refractivity contribution in [2.24, 2.45) is 0 Å². The van der Waals surface area contributed by atoms with E-state index in [9.17, 15) is 4.79 Å². The molecule has 19 heavy (non-hydrogen) atoms. The van der Waals surface area contributed by atoms with E-state index in [1.165, 1.54) is 25.7 Å². The van der Waals surface area contributed by atoms with Gasteiger partial charge in [-0.25, -0.2) is 0 Å². The van der Waals surface area contributed by atoms with Crippen LogP contribution < -0.4 is 11.1 Å². The van der Waals surface area contributed by atoms with E-state index in [1.54, 1.807) is 6.08 Å². The third kappa shape index (κ3) is 4.78. The molecule has 1 aromatic carbocycles. The molecule has 0 bridgehead atoms. The first-order valence-corrected chi connectivity index (χ1v) is 7.08. The van der Waals surface area contributed by atoms with Gasteiger partial charge in [0.15, 0.2) is 0 Å². The van der Waals surface area contributed by atoms with E-state index in [0.717, 1.165) is 18.4 Å². The number of carbonyl (C=O) groups is 1. The van der Waals surface area contributed by atoms with Crippen molar-refractivity contribution < 1.29 is 4.79 Å². The first kappa shape index (κ1) is 13.7. The smallest absolute Gasteiger partial charge is 0.244 e. The van der Waals surface area contributed by atoms with Gasteiger partial charge in [-0.15, -0.1) is 0 Å². The average molecular weight is 258 g/mol. The molecule has 0 unspecified atom stereocenters. The molecule has 1 fully saturated rings. The number of rotatable bonds is 3. The fourth-order valence-corrected chi connectivity index (χ4v) is 2.51. The van der Waals surface area contributed by atoms with Crippen molar-refractivity contribution in [2.75, 3.05) is 5.73 Å². The van der Waals surface area contributed by atoms with E-state index in [0.29, 0.717) is 11.7 Å². The summed E-state index contributed by atoms with van der Waals surface area (Å²) in [4.78, 5) is 11.9. The zero-order valence-corrected chi connectivity index (χ0v) is 11.3. The Labute approximate surface area is 114 Å². The first-order chi connectivity index (χ1) is 9.24. The van der Waals surface area contributed by atoms with Gasteiger partial charge >= 0.3 is 0 Å². The van der Waals surface area contributed by atoms with Crippen LogP contribution in [-0.2, 0) is 4.79 Å². The molecule has 0 saturated heterocycles. The van der Waals surface area contributed by atoms with Gasteiger partial charge in [0.25, 0.3) is 0 Å². The molecule has 3 N–H and O–H groups in total. The Hall–Kier alpha value is -1.77. The molecule has 1 aliphatic carbocycles. The molecular weight excluding hydrogens is 236 g/mol. The van der Waals surface area contributed by atoms with Crippen molar-refractivity contribution in [1.82, 2.24) is 5.32 Å². The third-order valence-electron chi connectivity index (χ3n) is 3.54. The number of hydrogen-bond acceptors (Lipinski definition) is 2. The minimum Gasteiger partial charge on any atom is -0.399 e. The quantitative estimate of drug-likeness (QED) is 0.497. The Morgan fingerprint density at radius 1 is 1.21 bits per heavy atom. The van der Waals surface area contributed by atoms with Crippen molar-refractivity contribution in [1.29, 1.82) is 0 Å². The maximum Gasteiger partial charge on any atom is 0.244 e. The number of benzene rings is 1. The summed E-state index contributed by atoms with van der Waals surface area (Å²) in [5.41, 5.74) is 7.37.